The molecule has 2 aromatic rings. The van der Waals surface area contributed by atoms with Crippen LogP contribution in [0.3, 0.4) is 0 Å². The van der Waals surface area contributed by atoms with Crippen molar-refractivity contribution in [1.29, 1.82) is 0 Å². The van der Waals surface area contributed by atoms with Crippen molar-refractivity contribution in [3.63, 3.8) is 0 Å². The number of benzene rings is 1. The van der Waals surface area contributed by atoms with Crippen LogP contribution in [0.25, 0.3) is 0 Å². The average molecular weight is 250 g/mol. The van der Waals surface area contributed by atoms with E-state index >= 15 is 0 Å². The molecular weight excluding hydrogens is 240 g/mol. The molecule has 1 aliphatic heterocycles. The Kier molecular flexibility index (Phi) is 2.45. The Balaban J connectivity index is 1.69. The minimum atomic E-state index is 0.291. The number of hydrogen-bond donors (Lipinski definition) is 2. The van der Waals surface area contributed by atoms with Crippen molar-refractivity contribution in [2.45, 2.75) is 6.54 Å². The number of hydrogen-bond acceptors (Lipinski definition) is 7. The second-order valence-corrected chi connectivity index (χ2v) is 4.25. The molecule has 0 atom stereocenters. The number of nitrogen functional groups attached to an aromatic ring is 1. The van der Waals surface area contributed by atoms with Crippen molar-refractivity contribution < 1.29 is 9.47 Å². The number of nitrogens with one attached hydrogen (secondary N) is 1. The summed E-state index contributed by atoms with van der Waals surface area (Å²) in [6, 6.07) is 5.82. The Hall–Kier alpha value is -2.02. The lowest BCUT2D eigenvalue weighted by molar-refractivity contribution is 0.174. The molecule has 2 heterocycles. The Morgan fingerprint density at radius 3 is 3.06 bits per heavy atom. The van der Waals surface area contributed by atoms with Crippen LogP contribution in [-0.2, 0) is 6.54 Å². The fraction of sp³-hybridized carbons (Fsp3) is 0.200. The minimum Gasteiger partial charge on any atom is -0.454 e. The van der Waals surface area contributed by atoms with Gasteiger partial charge in [0.2, 0.25) is 17.9 Å². The van der Waals surface area contributed by atoms with Gasteiger partial charge < -0.3 is 20.5 Å². The lowest BCUT2D eigenvalue weighted by Crippen LogP contribution is -1.99. The Morgan fingerprint density at radius 2 is 2.24 bits per heavy atom. The Bertz CT molecular complexity index is 543. The van der Waals surface area contributed by atoms with Gasteiger partial charge in [0.1, 0.15) is 0 Å². The highest BCUT2D eigenvalue weighted by atomic mass is 32.1. The lowest BCUT2D eigenvalue weighted by atomic mass is 10.2. The van der Waals surface area contributed by atoms with Gasteiger partial charge in [-0.2, -0.15) is 9.36 Å². The molecule has 17 heavy (non-hydrogen) atoms. The van der Waals surface area contributed by atoms with Crippen molar-refractivity contribution in [2.75, 3.05) is 17.8 Å². The van der Waals surface area contributed by atoms with E-state index in [1.807, 2.05) is 18.2 Å². The number of fused-ring (bicyclic) bond motifs is 1. The molecule has 3 N–H and O–H groups in total. The van der Waals surface area contributed by atoms with E-state index in [1.165, 1.54) is 11.5 Å². The zero-order valence-corrected chi connectivity index (χ0v) is 9.66. The molecule has 0 unspecified atom stereocenters. The van der Waals surface area contributed by atoms with Gasteiger partial charge in [0, 0.05) is 18.1 Å². The van der Waals surface area contributed by atoms with Crippen LogP contribution in [0.5, 0.6) is 11.5 Å². The van der Waals surface area contributed by atoms with Crippen molar-refractivity contribution in [3.8, 4) is 11.5 Å². The summed E-state index contributed by atoms with van der Waals surface area (Å²) in [6.07, 6.45) is 0. The third-order valence-corrected chi connectivity index (χ3v) is 3.01. The van der Waals surface area contributed by atoms with Crippen molar-refractivity contribution in [2.24, 2.45) is 0 Å². The zero-order valence-electron chi connectivity index (χ0n) is 8.84. The van der Waals surface area contributed by atoms with Gasteiger partial charge in [-0.3, -0.25) is 0 Å². The SMILES string of the molecule is Nc1nsc(NCc2ccc3c(c2)OCO3)n1. The van der Waals surface area contributed by atoms with Crippen LogP contribution in [0.4, 0.5) is 11.1 Å². The molecule has 0 saturated heterocycles. The van der Waals surface area contributed by atoms with Crippen LogP contribution in [0.1, 0.15) is 5.56 Å². The number of aromatic nitrogens is 2. The Morgan fingerprint density at radius 1 is 1.35 bits per heavy atom. The molecule has 3 rings (SSSR count). The highest BCUT2D eigenvalue weighted by Gasteiger charge is 2.13. The third kappa shape index (κ3) is 2.09. The first-order valence-electron chi connectivity index (χ1n) is 5.03. The Labute approximate surface area is 102 Å². The van der Waals surface area contributed by atoms with Gasteiger partial charge in [-0.05, 0) is 17.7 Å². The molecule has 0 amide bonds. The second-order valence-electron chi connectivity index (χ2n) is 3.50. The van der Waals surface area contributed by atoms with Crippen LogP contribution in [-0.4, -0.2) is 16.2 Å². The molecule has 1 aliphatic rings. The normalized spacial score (nSPS) is 12.7. The van der Waals surface area contributed by atoms with Gasteiger partial charge in [0.05, 0.1) is 0 Å². The maximum absolute atomic E-state index is 5.43. The molecule has 0 radical (unpaired) electrons. The quantitative estimate of drug-likeness (QED) is 0.858. The topological polar surface area (TPSA) is 82.3 Å². The van der Waals surface area contributed by atoms with Crippen LogP contribution >= 0.6 is 11.5 Å². The van der Waals surface area contributed by atoms with Crippen LogP contribution < -0.4 is 20.5 Å². The predicted molar refractivity (Wildman–Crippen MR) is 64.2 cm³/mol. The maximum atomic E-state index is 5.43. The molecule has 1 aromatic heterocycles. The molecule has 88 valence electrons. The van der Waals surface area contributed by atoms with E-state index in [1.54, 1.807) is 0 Å². The van der Waals surface area contributed by atoms with Crippen LogP contribution in [0.15, 0.2) is 18.2 Å². The van der Waals surface area contributed by atoms with E-state index in [2.05, 4.69) is 14.7 Å². The maximum Gasteiger partial charge on any atom is 0.233 e. The van der Waals surface area contributed by atoms with Gasteiger partial charge in [-0.1, -0.05) is 6.07 Å². The molecule has 0 aliphatic carbocycles. The first kappa shape index (κ1) is 10.2. The summed E-state index contributed by atoms with van der Waals surface area (Å²) >= 11 is 1.24. The standard InChI is InChI=1S/C10H10N4O2S/c11-9-13-10(17-14-9)12-4-6-1-2-7-8(3-6)16-5-15-7/h1-3H,4-5H2,(H3,11,12,13,14). The predicted octanol–water partition coefficient (Wildman–Crippen LogP) is 1.46. The largest absolute Gasteiger partial charge is 0.454 e. The summed E-state index contributed by atoms with van der Waals surface area (Å²) in [5.41, 5.74) is 6.52. The van der Waals surface area contributed by atoms with E-state index < -0.39 is 0 Å². The van der Waals surface area contributed by atoms with Crippen LogP contribution in [0.2, 0.25) is 0 Å². The van der Waals surface area contributed by atoms with Gasteiger partial charge in [-0.25, -0.2) is 0 Å². The lowest BCUT2D eigenvalue weighted by Gasteiger charge is -2.03. The fourth-order valence-corrected chi connectivity index (χ4v) is 2.03. The van der Waals surface area contributed by atoms with Gasteiger partial charge >= 0.3 is 0 Å². The molecule has 0 saturated carbocycles. The van der Waals surface area contributed by atoms with Crippen molar-refractivity contribution >= 4 is 22.6 Å². The number of ether oxygens (including phenoxy) is 2. The summed E-state index contributed by atoms with van der Waals surface area (Å²) in [6.45, 7) is 0.935. The van der Waals surface area contributed by atoms with E-state index in [-0.39, 0.29) is 0 Å². The molecule has 0 bridgehead atoms. The van der Waals surface area contributed by atoms with Gasteiger partial charge in [0.15, 0.2) is 11.5 Å². The second kappa shape index (κ2) is 4.10. The summed E-state index contributed by atoms with van der Waals surface area (Å²) in [5.74, 6) is 1.86. The summed E-state index contributed by atoms with van der Waals surface area (Å²) in [4.78, 5) is 4.02. The summed E-state index contributed by atoms with van der Waals surface area (Å²) < 4.78 is 14.4. The molecule has 1 aromatic carbocycles. The zero-order chi connectivity index (χ0) is 11.7. The van der Waals surface area contributed by atoms with E-state index in [0.29, 0.717) is 24.4 Å². The number of nitrogens with two attached hydrogens (primary N) is 1. The van der Waals surface area contributed by atoms with Gasteiger partial charge in [-0.15, -0.1) is 0 Å². The first-order valence-corrected chi connectivity index (χ1v) is 5.80. The molecule has 0 fully saturated rings. The number of anilines is 2. The minimum absolute atomic E-state index is 0.291. The van der Waals surface area contributed by atoms with Gasteiger partial charge in [0.25, 0.3) is 0 Å². The van der Waals surface area contributed by atoms with Crippen molar-refractivity contribution in [1.82, 2.24) is 9.36 Å². The molecule has 6 nitrogen and oxygen atoms in total. The number of rotatable bonds is 3. The smallest absolute Gasteiger partial charge is 0.233 e. The molecule has 0 spiro atoms. The molecular formula is C10H10N4O2S. The first-order chi connectivity index (χ1) is 8.31. The monoisotopic (exact) mass is 250 g/mol. The van der Waals surface area contributed by atoms with Crippen molar-refractivity contribution in [3.05, 3.63) is 23.8 Å². The summed E-state index contributed by atoms with van der Waals surface area (Å²) in [5, 5.41) is 3.85. The highest BCUT2D eigenvalue weighted by molar-refractivity contribution is 7.09. The molecule has 7 heteroatoms. The summed E-state index contributed by atoms with van der Waals surface area (Å²) in [7, 11) is 0. The van der Waals surface area contributed by atoms with E-state index in [0.717, 1.165) is 17.1 Å². The third-order valence-electron chi connectivity index (χ3n) is 2.32. The average Bonchev–Trinajstić information content (AvgIpc) is 2.94. The van der Waals surface area contributed by atoms with E-state index in [9.17, 15) is 0 Å². The highest BCUT2D eigenvalue weighted by Crippen LogP contribution is 2.32. The number of nitrogens with zero attached hydrogens (tertiary/aromatic N) is 2. The van der Waals surface area contributed by atoms with E-state index in [4.69, 9.17) is 15.2 Å². The van der Waals surface area contributed by atoms with Crippen LogP contribution in [0, 0.1) is 0 Å². The fourth-order valence-electron chi connectivity index (χ4n) is 1.54.